The van der Waals surface area contributed by atoms with Crippen molar-refractivity contribution in [3.8, 4) is 0 Å². The second-order valence-corrected chi connectivity index (χ2v) is 38.4. The van der Waals surface area contributed by atoms with Gasteiger partial charge in [-0.2, -0.15) is 0 Å². The lowest BCUT2D eigenvalue weighted by Crippen LogP contribution is -2.45. The molecule has 0 amide bonds. The van der Waals surface area contributed by atoms with Crippen LogP contribution in [0.1, 0.15) is 482 Å². The Morgan fingerprint density at radius 1 is 0.302 bits per heavy atom. The molecule has 2 aliphatic heterocycles. The fraction of sp³-hybridized carbons (Fsp3) is 1.00. The summed E-state index contributed by atoms with van der Waals surface area (Å²) >= 11 is 0. The summed E-state index contributed by atoms with van der Waals surface area (Å²) in [7, 11) is 0. The first-order valence-corrected chi connectivity index (χ1v) is 43.6. The van der Waals surface area contributed by atoms with Crippen molar-refractivity contribution in [3.05, 3.63) is 0 Å². The number of ether oxygens (including phenoxy) is 2. The van der Waals surface area contributed by atoms with E-state index in [1.54, 1.807) is 34.6 Å². The van der Waals surface area contributed by atoms with Crippen LogP contribution >= 0.6 is 0 Å². The van der Waals surface area contributed by atoms with Crippen LogP contribution in [0.15, 0.2) is 0 Å². The number of alkyl halides is 10. The number of halogens is 10. The minimum atomic E-state index is -2.51. The van der Waals surface area contributed by atoms with Gasteiger partial charge < -0.3 is 9.47 Å². The van der Waals surface area contributed by atoms with Gasteiger partial charge in [0.25, 0.3) is 0 Å². The standard InChI is InChI=1S/C12H24O.2C11H23F.C11H22O.2C10H20F2.C10H19F.C9H18F2.C9H19F.CH4/c1-5-11(4,6-2)8-12(7-3)9-13-10-12;2*1-6-10(4,7-2)9-11(5,12)8-3;1-5-10(3,6-2)7-11(4)8-12-9-11;2*1-5-9(4,6-2)8-10(11,12)7-3;1-4-9(3,5-2)8-10(11)6-7-10;1-5-8(3,6-2)7-9(4,10)11;1-5-9(4,6-2)7-8(3)10;/h5-10H2,1-4H3;2*6-9H2,1-5H3;5-9H2,1-4H3;2*5-8H2,1-4H3;4-8H2,1-3H3;5-7H2,1-4H3;8H,5-7H2,1-4H3;1H4. The van der Waals surface area contributed by atoms with Gasteiger partial charge in [0.05, 0.1) is 32.6 Å². The Labute approximate surface area is 659 Å². The summed E-state index contributed by atoms with van der Waals surface area (Å²) in [5.74, 6) is -7.46. The van der Waals surface area contributed by atoms with Crippen molar-refractivity contribution in [3.63, 3.8) is 0 Å². The van der Waals surface area contributed by atoms with Crippen LogP contribution in [0.5, 0.6) is 0 Å². The fourth-order valence-electron chi connectivity index (χ4n) is 13.9. The zero-order valence-electron chi connectivity index (χ0n) is 77.5. The van der Waals surface area contributed by atoms with E-state index in [0.29, 0.717) is 53.8 Å². The zero-order chi connectivity index (χ0) is 84.4. The van der Waals surface area contributed by atoms with Crippen molar-refractivity contribution in [2.45, 2.75) is 523 Å². The third-order valence-corrected chi connectivity index (χ3v) is 28.0. The first-order chi connectivity index (χ1) is 47.6. The van der Waals surface area contributed by atoms with E-state index in [4.69, 9.17) is 9.47 Å². The number of hydrogen-bond acceptors (Lipinski definition) is 2. The van der Waals surface area contributed by atoms with Crippen molar-refractivity contribution in [2.75, 3.05) is 26.4 Å². The topological polar surface area (TPSA) is 18.5 Å². The lowest BCUT2D eigenvalue weighted by molar-refractivity contribution is -0.136. The van der Waals surface area contributed by atoms with Gasteiger partial charge in [-0.05, 0) is 147 Å². The molecule has 3 fully saturated rings. The molecule has 3 atom stereocenters. The highest BCUT2D eigenvalue weighted by molar-refractivity contribution is 4.98. The molecule has 0 spiro atoms. The molecule has 0 N–H and O–H groups in total. The maximum absolute atomic E-state index is 13.7. The lowest BCUT2D eigenvalue weighted by atomic mass is 9.67. The summed E-state index contributed by atoms with van der Waals surface area (Å²) < 4.78 is 141. The van der Waals surface area contributed by atoms with E-state index in [0.717, 1.165) is 143 Å². The van der Waals surface area contributed by atoms with Gasteiger partial charge in [-0.25, -0.2) is 43.9 Å². The molecule has 0 radical (unpaired) electrons. The van der Waals surface area contributed by atoms with Crippen molar-refractivity contribution in [2.24, 2.45) is 59.6 Å². The van der Waals surface area contributed by atoms with Gasteiger partial charge in [-0.3, -0.25) is 0 Å². The molecule has 106 heavy (non-hydrogen) atoms. The molecular formula is C94H192F10O2. The molecule has 3 rings (SSSR count). The highest BCUT2D eigenvalue weighted by Gasteiger charge is 2.48. The summed E-state index contributed by atoms with van der Waals surface area (Å²) in [5.41, 5.74) is -0.280. The van der Waals surface area contributed by atoms with Gasteiger partial charge in [0.2, 0.25) is 17.8 Å². The molecule has 12 heteroatoms. The van der Waals surface area contributed by atoms with Crippen LogP contribution in [-0.2, 0) is 9.47 Å². The summed E-state index contributed by atoms with van der Waals surface area (Å²) in [5, 5.41) is 0. The summed E-state index contributed by atoms with van der Waals surface area (Å²) in [6.07, 6.45) is 27.9. The van der Waals surface area contributed by atoms with Crippen molar-refractivity contribution in [1.29, 1.82) is 0 Å². The molecule has 3 aliphatic rings. The molecule has 0 aromatic carbocycles. The molecule has 2 saturated heterocycles. The van der Waals surface area contributed by atoms with Crippen LogP contribution in [-0.4, -0.2) is 67.4 Å². The van der Waals surface area contributed by atoms with E-state index in [2.05, 4.69) is 138 Å². The van der Waals surface area contributed by atoms with Crippen LogP contribution in [0, 0.1) is 59.6 Å². The van der Waals surface area contributed by atoms with E-state index in [-0.39, 0.29) is 77.4 Å². The highest BCUT2D eigenvalue weighted by atomic mass is 19.3. The zero-order valence-corrected chi connectivity index (χ0v) is 77.5. The Morgan fingerprint density at radius 3 is 0.698 bits per heavy atom. The van der Waals surface area contributed by atoms with Crippen LogP contribution in [0.4, 0.5) is 43.9 Å². The molecule has 0 aromatic rings. The predicted molar refractivity (Wildman–Crippen MR) is 453 cm³/mol. The van der Waals surface area contributed by atoms with Crippen LogP contribution in [0.3, 0.4) is 0 Å². The van der Waals surface area contributed by atoms with Crippen molar-refractivity contribution < 1.29 is 53.4 Å². The van der Waals surface area contributed by atoms with Crippen molar-refractivity contribution >= 4 is 0 Å². The highest BCUT2D eigenvalue weighted by Crippen LogP contribution is 2.51. The number of hydrogen-bond donors (Lipinski definition) is 0. The first kappa shape index (κ1) is 118. The molecule has 1 saturated carbocycles. The molecule has 0 aromatic heterocycles. The van der Waals surface area contributed by atoms with Gasteiger partial charge >= 0.3 is 0 Å². The quantitative estimate of drug-likeness (QED) is 0.0568. The molecular weight excluding hydrogens is 1350 g/mol. The molecule has 0 bridgehead atoms. The van der Waals surface area contributed by atoms with E-state index in [1.165, 1.54) is 44.9 Å². The van der Waals surface area contributed by atoms with Gasteiger partial charge in [-0.1, -0.05) is 351 Å². The minimum Gasteiger partial charge on any atom is -0.380 e. The molecule has 650 valence electrons. The van der Waals surface area contributed by atoms with Crippen LogP contribution in [0.2, 0.25) is 0 Å². The maximum atomic E-state index is 13.7. The van der Waals surface area contributed by atoms with E-state index >= 15 is 0 Å². The predicted octanol–water partition coefficient (Wildman–Crippen LogP) is 35.8. The van der Waals surface area contributed by atoms with Crippen LogP contribution < -0.4 is 0 Å². The molecule has 2 nitrogen and oxygen atoms in total. The van der Waals surface area contributed by atoms with E-state index in [1.807, 2.05) is 76.2 Å². The monoisotopic (exact) mass is 1540 g/mol. The van der Waals surface area contributed by atoms with Gasteiger partial charge in [-0.15, -0.1) is 0 Å². The van der Waals surface area contributed by atoms with E-state index in [9.17, 15) is 43.9 Å². The summed E-state index contributed by atoms with van der Waals surface area (Å²) in [6, 6.07) is 0. The number of rotatable bonds is 41. The Hall–Kier alpha value is -0.780. The molecule has 1 aliphatic carbocycles. The summed E-state index contributed by atoms with van der Waals surface area (Å²) in [4.78, 5) is 0. The molecule has 2 heterocycles. The maximum Gasteiger partial charge on any atom is 0.248 e. The Balaban J connectivity index is -0.000000208. The molecule has 3 unspecified atom stereocenters. The smallest absolute Gasteiger partial charge is 0.248 e. The van der Waals surface area contributed by atoms with Crippen molar-refractivity contribution in [1.82, 2.24) is 0 Å². The minimum absolute atomic E-state index is 0. The fourth-order valence-corrected chi connectivity index (χ4v) is 13.9. The summed E-state index contributed by atoms with van der Waals surface area (Å²) in [6.45, 7) is 79.2. The Morgan fingerprint density at radius 2 is 0.538 bits per heavy atom. The van der Waals surface area contributed by atoms with E-state index < -0.39 is 40.9 Å². The second kappa shape index (κ2) is 53.4. The van der Waals surface area contributed by atoms with Gasteiger partial charge in [0.1, 0.15) is 17.0 Å². The largest absolute Gasteiger partial charge is 0.380 e. The lowest BCUT2D eigenvalue weighted by Gasteiger charge is -2.46. The Kier molecular flexibility index (Phi) is 59.7. The average Bonchev–Trinajstić information content (AvgIpc) is 1.66. The first-order valence-electron chi connectivity index (χ1n) is 43.6. The van der Waals surface area contributed by atoms with Gasteiger partial charge in [0.15, 0.2) is 0 Å². The SMILES string of the molecule is C.CCC(C)(CC)CC(C)(F)F.CCC(C)(CC)CC(C)F.CCC(C)(CC)CC1(C)COC1.CCC(C)(CC)CC1(CC)COC1.CCC(C)(CC)CC1(F)CC1.CCC(C)(F)CC(C)(CC)CC.CCC(C)(F)CC(C)(CC)CC.CCC(F)(F)CC(C)(CC)CC.CCC(F)(F)CC(C)(CC)CC. The Bertz CT molecular complexity index is 1830. The average molecular weight is 1540 g/mol. The third-order valence-electron chi connectivity index (χ3n) is 28.0. The normalized spacial score (nSPS) is 17.2. The second-order valence-electron chi connectivity index (χ2n) is 38.4. The van der Waals surface area contributed by atoms with Crippen LogP contribution in [0.25, 0.3) is 0 Å². The third kappa shape index (κ3) is 53.3. The van der Waals surface area contributed by atoms with Gasteiger partial charge in [0, 0.05) is 42.9 Å².